The number of hydrogen-bond acceptors (Lipinski definition) is 4. The van der Waals surface area contributed by atoms with Crippen LogP contribution < -0.4 is 0 Å². The highest BCUT2D eigenvalue weighted by atomic mass is 15.2. The molecule has 0 unspecified atom stereocenters. The second-order valence-corrected chi connectivity index (χ2v) is 6.96. The number of nitrogens with zero attached hydrogens (tertiary/aromatic N) is 4. The summed E-state index contributed by atoms with van der Waals surface area (Å²) in [6.45, 7) is 7.64. The van der Waals surface area contributed by atoms with Gasteiger partial charge >= 0.3 is 0 Å². The number of aromatic nitrogens is 2. The molecule has 0 spiro atoms. The lowest BCUT2D eigenvalue weighted by Gasteiger charge is -2.32. The number of hydrogen-bond donors (Lipinski definition) is 0. The fourth-order valence-corrected chi connectivity index (χ4v) is 3.48. The maximum Gasteiger partial charge on any atom is 0.0737 e. The van der Waals surface area contributed by atoms with Gasteiger partial charge in [0.25, 0.3) is 0 Å². The molecule has 0 aliphatic carbocycles. The molecule has 25 heavy (non-hydrogen) atoms. The van der Waals surface area contributed by atoms with Crippen LogP contribution in [0.4, 0.5) is 0 Å². The van der Waals surface area contributed by atoms with E-state index >= 15 is 0 Å². The number of aryl methyl sites for hydroxylation is 1. The van der Waals surface area contributed by atoms with E-state index < -0.39 is 0 Å². The Hall–Kier alpha value is -2.30. The van der Waals surface area contributed by atoms with Crippen molar-refractivity contribution in [1.82, 2.24) is 19.8 Å². The van der Waals surface area contributed by atoms with Gasteiger partial charge in [0.05, 0.1) is 11.2 Å². The summed E-state index contributed by atoms with van der Waals surface area (Å²) in [6, 6.07) is 12.8. The summed E-state index contributed by atoms with van der Waals surface area (Å²) in [5.74, 6) is 0. The average Bonchev–Trinajstić information content (AvgIpc) is 2.65. The van der Waals surface area contributed by atoms with E-state index in [9.17, 15) is 0 Å². The Morgan fingerprint density at radius 3 is 2.56 bits per heavy atom. The fourth-order valence-electron chi connectivity index (χ4n) is 3.48. The molecule has 3 heterocycles. The molecule has 1 aromatic carbocycles. The predicted molar refractivity (Wildman–Crippen MR) is 102 cm³/mol. The molecule has 0 amide bonds. The molecule has 0 saturated carbocycles. The van der Waals surface area contributed by atoms with Gasteiger partial charge in [-0.05, 0) is 37.2 Å². The Balaban J connectivity index is 1.58. The molecule has 1 aliphatic heterocycles. The molecule has 4 heteroatoms. The van der Waals surface area contributed by atoms with Crippen molar-refractivity contribution in [3.05, 3.63) is 59.9 Å². The van der Waals surface area contributed by atoms with Gasteiger partial charge < -0.3 is 4.90 Å². The fraction of sp³-hybridized carbons (Fsp3) is 0.333. The van der Waals surface area contributed by atoms with Crippen molar-refractivity contribution < 1.29 is 0 Å². The van der Waals surface area contributed by atoms with Gasteiger partial charge in [0.15, 0.2) is 0 Å². The van der Waals surface area contributed by atoms with Crippen LogP contribution in [-0.2, 0) is 6.54 Å². The molecule has 1 fully saturated rings. The van der Waals surface area contributed by atoms with Gasteiger partial charge in [0.2, 0.25) is 0 Å². The summed E-state index contributed by atoms with van der Waals surface area (Å²) in [7, 11) is 2.19. The summed E-state index contributed by atoms with van der Waals surface area (Å²) in [4.78, 5) is 14.2. The van der Waals surface area contributed by atoms with Crippen LogP contribution in [0.15, 0.2) is 48.8 Å². The lowest BCUT2D eigenvalue weighted by Crippen LogP contribution is -2.43. The van der Waals surface area contributed by atoms with E-state index in [-0.39, 0.29) is 0 Å². The molecule has 3 aromatic rings. The van der Waals surface area contributed by atoms with Crippen LogP contribution >= 0.6 is 0 Å². The van der Waals surface area contributed by atoms with E-state index in [2.05, 4.69) is 59.1 Å². The number of benzene rings is 1. The molecule has 0 bridgehead atoms. The van der Waals surface area contributed by atoms with Crippen molar-refractivity contribution in [2.24, 2.45) is 0 Å². The van der Waals surface area contributed by atoms with Crippen LogP contribution in [0.1, 0.15) is 11.1 Å². The molecule has 0 atom stereocenters. The van der Waals surface area contributed by atoms with E-state index in [4.69, 9.17) is 4.98 Å². The maximum absolute atomic E-state index is 4.74. The maximum atomic E-state index is 4.74. The third-order valence-electron chi connectivity index (χ3n) is 5.07. The zero-order valence-electron chi connectivity index (χ0n) is 14.9. The lowest BCUT2D eigenvalue weighted by molar-refractivity contribution is 0.148. The van der Waals surface area contributed by atoms with Crippen LogP contribution in [0.2, 0.25) is 0 Å². The summed E-state index contributed by atoms with van der Waals surface area (Å²) in [6.07, 6.45) is 3.88. The van der Waals surface area contributed by atoms with Crippen molar-refractivity contribution >= 4 is 10.9 Å². The average molecular weight is 332 g/mol. The zero-order valence-corrected chi connectivity index (χ0v) is 14.9. The van der Waals surface area contributed by atoms with Crippen LogP contribution in [0.5, 0.6) is 0 Å². The van der Waals surface area contributed by atoms with Gasteiger partial charge in [-0.1, -0.05) is 24.3 Å². The van der Waals surface area contributed by atoms with Crippen molar-refractivity contribution in [1.29, 1.82) is 0 Å². The topological polar surface area (TPSA) is 32.3 Å². The third-order valence-corrected chi connectivity index (χ3v) is 5.07. The highest BCUT2D eigenvalue weighted by Gasteiger charge is 2.14. The van der Waals surface area contributed by atoms with Crippen molar-refractivity contribution in [3.63, 3.8) is 0 Å². The Morgan fingerprint density at radius 1 is 0.960 bits per heavy atom. The van der Waals surface area contributed by atoms with E-state index in [0.29, 0.717) is 0 Å². The van der Waals surface area contributed by atoms with Gasteiger partial charge in [-0.25, -0.2) is 0 Å². The van der Waals surface area contributed by atoms with Crippen molar-refractivity contribution in [3.8, 4) is 11.3 Å². The Labute approximate surface area is 149 Å². The molecule has 128 valence electrons. The number of fused-ring (bicyclic) bond motifs is 1. The molecule has 1 saturated heterocycles. The predicted octanol–water partition coefficient (Wildman–Crippen LogP) is 3.35. The molecular formula is C21H24N4. The Kier molecular flexibility index (Phi) is 4.47. The van der Waals surface area contributed by atoms with Gasteiger partial charge in [0.1, 0.15) is 0 Å². The van der Waals surface area contributed by atoms with Crippen LogP contribution in [0.25, 0.3) is 22.2 Å². The number of rotatable bonds is 3. The van der Waals surface area contributed by atoms with E-state index in [1.807, 2.05) is 18.5 Å². The summed E-state index contributed by atoms with van der Waals surface area (Å²) < 4.78 is 0. The van der Waals surface area contributed by atoms with Gasteiger partial charge in [-0.3, -0.25) is 14.9 Å². The highest BCUT2D eigenvalue weighted by molar-refractivity contribution is 5.95. The zero-order chi connectivity index (χ0) is 17.2. The van der Waals surface area contributed by atoms with Crippen molar-refractivity contribution in [2.45, 2.75) is 13.5 Å². The number of piperazine rings is 1. The minimum Gasteiger partial charge on any atom is -0.304 e. The van der Waals surface area contributed by atoms with E-state index in [1.165, 1.54) is 16.5 Å². The minimum atomic E-state index is 0.983. The molecule has 2 aromatic heterocycles. The number of likely N-dealkylation sites (N-methyl/N-ethyl adjacent to an activating group) is 1. The van der Waals surface area contributed by atoms with Gasteiger partial charge in [0, 0.05) is 56.1 Å². The molecule has 0 N–H and O–H groups in total. The van der Waals surface area contributed by atoms with Gasteiger partial charge in [-0.2, -0.15) is 0 Å². The normalized spacial score (nSPS) is 16.4. The second kappa shape index (κ2) is 6.90. The van der Waals surface area contributed by atoms with Gasteiger partial charge in [-0.15, -0.1) is 0 Å². The molecule has 4 nitrogen and oxygen atoms in total. The summed E-state index contributed by atoms with van der Waals surface area (Å²) >= 11 is 0. The quantitative estimate of drug-likeness (QED) is 0.736. The van der Waals surface area contributed by atoms with Crippen LogP contribution in [0.3, 0.4) is 0 Å². The molecule has 1 aliphatic rings. The third kappa shape index (κ3) is 3.41. The monoisotopic (exact) mass is 332 g/mol. The molecule has 4 rings (SSSR count). The smallest absolute Gasteiger partial charge is 0.0737 e. The van der Waals surface area contributed by atoms with E-state index in [1.54, 1.807) is 0 Å². The standard InChI is InChI=1S/C21H24N4/c1-16-5-7-18(19-4-3-9-22-21(16)19)20-8-6-17(14-23-20)15-25-12-10-24(2)11-13-25/h3-9,14H,10-13,15H2,1-2H3. The second-order valence-electron chi connectivity index (χ2n) is 6.96. The first kappa shape index (κ1) is 16.2. The SMILES string of the molecule is Cc1ccc(-c2ccc(CN3CCN(C)CC3)cn2)c2cccnc12. The van der Waals surface area contributed by atoms with E-state index in [0.717, 1.165) is 49.5 Å². The highest BCUT2D eigenvalue weighted by Crippen LogP contribution is 2.28. The Morgan fingerprint density at radius 2 is 1.80 bits per heavy atom. The first-order valence-electron chi connectivity index (χ1n) is 8.91. The lowest BCUT2D eigenvalue weighted by atomic mass is 10.0. The summed E-state index contributed by atoms with van der Waals surface area (Å²) in [5.41, 5.74) is 5.71. The first-order valence-corrected chi connectivity index (χ1v) is 8.91. The largest absolute Gasteiger partial charge is 0.304 e. The summed E-state index contributed by atoms with van der Waals surface area (Å²) in [5, 5.41) is 1.17. The molecule has 0 radical (unpaired) electrons. The molecular weight excluding hydrogens is 308 g/mol. The Bertz CT molecular complexity index is 865. The van der Waals surface area contributed by atoms with Crippen LogP contribution in [0, 0.1) is 6.92 Å². The number of pyridine rings is 2. The van der Waals surface area contributed by atoms with Crippen LogP contribution in [-0.4, -0.2) is 53.0 Å². The first-order chi connectivity index (χ1) is 12.2. The minimum absolute atomic E-state index is 0.983. The van der Waals surface area contributed by atoms with Crippen molar-refractivity contribution in [2.75, 3.05) is 33.2 Å².